The number of nitrogens with zero attached hydrogens (tertiary/aromatic N) is 1. The van der Waals surface area contributed by atoms with Crippen LogP contribution in [-0.4, -0.2) is 35.3 Å². The van der Waals surface area contributed by atoms with Gasteiger partial charge in [-0.05, 0) is 19.8 Å². The normalized spacial score (nSPS) is 12.8. The second kappa shape index (κ2) is 7.38. The highest BCUT2D eigenvalue weighted by atomic mass is 16.5. The van der Waals surface area contributed by atoms with Crippen LogP contribution < -0.4 is 0 Å². The summed E-state index contributed by atoms with van der Waals surface area (Å²) in [6, 6.07) is 0. The molecule has 0 aromatic carbocycles. The Balaban J connectivity index is 5.32. The van der Waals surface area contributed by atoms with Crippen LogP contribution in [0.15, 0.2) is 12.2 Å². The molecule has 0 saturated carbocycles. The Bertz CT molecular complexity index is 432. The molecule has 1 unspecified atom stereocenters. The van der Waals surface area contributed by atoms with Gasteiger partial charge in [0, 0.05) is 17.5 Å². The van der Waals surface area contributed by atoms with Crippen molar-refractivity contribution in [2.45, 2.75) is 54.6 Å². The Labute approximate surface area is 127 Å². The van der Waals surface area contributed by atoms with Gasteiger partial charge in [0.05, 0.1) is 0 Å². The number of rotatable bonds is 5. The maximum Gasteiger partial charge on any atom is 0.333 e. The molecule has 0 radical (unpaired) electrons. The number of hydrogen-bond acceptors (Lipinski definition) is 4. The molecular formula is C16H27NO4. The van der Waals surface area contributed by atoms with E-state index in [9.17, 15) is 14.4 Å². The summed E-state index contributed by atoms with van der Waals surface area (Å²) in [6.07, 6.45) is -0.986. The third kappa shape index (κ3) is 5.33. The van der Waals surface area contributed by atoms with E-state index in [2.05, 4.69) is 6.58 Å². The Hall–Kier alpha value is -1.65. The topological polar surface area (TPSA) is 63.7 Å². The lowest BCUT2D eigenvalue weighted by molar-refractivity contribution is -0.165. The van der Waals surface area contributed by atoms with Crippen LogP contribution in [0.2, 0.25) is 0 Å². The molecule has 1 atom stereocenters. The molecule has 0 aromatic rings. The van der Waals surface area contributed by atoms with E-state index < -0.39 is 23.4 Å². The van der Waals surface area contributed by atoms with E-state index >= 15 is 0 Å². The van der Waals surface area contributed by atoms with Crippen LogP contribution in [0.4, 0.5) is 0 Å². The van der Waals surface area contributed by atoms with E-state index in [1.807, 2.05) is 0 Å². The van der Waals surface area contributed by atoms with Gasteiger partial charge >= 0.3 is 5.97 Å². The molecule has 0 aromatic heterocycles. The Morgan fingerprint density at radius 3 is 1.95 bits per heavy atom. The highest BCUT2D eigenvalue weighted by Crippen LogP contribution is 2.20. The predicted octanol–water partition coefficient (Wildman–Crippen LogP) is 2.55. The average Bonchev–Trinajstić information content (AvgIpc) is 2.34. The summed E-state index contributed by atoms with van der Waals surface area (Å²) in [7, 11) is 0. The first-order chi connectivity index (χ1) is 9.43. The fourth-order valence-electron chi connectivity index (χ4n) is 1.65. The van der Waals surface area contributed by atoms with Crippen molar-refractivity contribution >= 4 is 17.8 Å². The number of amides is 2. The molecule has 5 heteroatoms. The molecule has 0 spiro atoms. The van der Waals surface area contributed by atoms with Gasteiger partial charge in [-0.15, -0.1) is 0 Å². The second-order valence-electron chi connectivity index (χ2n) is 6.49. The highest BCUT2D eigenvalue weighted by molar-refractivity contribution is 6.00. The third-order valence-electron chi connectivity index (χ3n) is 2.90. The zero-order valence-corrected chi connectivity index (χ0v) is 14.1. The van der Waals surface area contributed by atoms with Crippen LogP contribution >= 0.6 is 0 Å². The monoisotopic (exact) mass is 297 g/mol. The van der Waals surface area contributed by atoms with Gasteiger partial charge in [-0.1, -0.05) is 41.2 Å². The fourth-order valence-corrected chi connectivity index (χ4v) is 1.65. The smallest absolute Gasteiger partial charge is 0.333 e. The molecule has 2 amide bonds. The molecule has 21 heavy (non-hydrogen) atoms. The van der Waals surface area contributed by atoms with E-state index in [0.717, 1.165) is 4.90 Å². The molecule has 120 valence electrons. The Morgan fingerprint density at radius 2 is 1.67 bits per heavy atom. The molecule has 0 bridgehead atoms. The number of esters is 1. The molecule has 0 aliphatic rings. The lowest BCUT2D eigenvalue weighted by atomic mass is 9.94. The summed E-state index contributed by atoms with van der Waals surface area (Å²) in [5, 5.41) is 0. The van der Waals surface area contributed by atoms with Crippen molar-refractivity contribution in [3.8, 4) is 0 Å². The number of likely N-dealkylation sites (N-methyl/N-ethyl adjacent to an activating group) is 1. The third-order valence-corrected chi connectivity index (χ3v) is 2.90. The van der Waals surface area contributed by atoms with Crippen molar-refractivity contribution < 1.29 is 19.1 Å². The minimum atomic E-state index is -0.986. The lowest BCUT2D eigenvalue weighted by Crippen LogP contribution is -2.50. The van der Waals surface area contributed by atoms with Crippen molar-refractivity contribution in [1.29, 1.82) is 0 Å². The van der Waals surface area contributed by atoms with Gasteiger partial charge in [-0.2, -0.15) is 0 Å². The zero-order chi connectivity index (χ0) is 17.0. The zero-order valence-electron chi connectivity index (χ0n) is 14.1. The van der Waals surface area contributed by atoms with Crippen LogP contribution in [-0.2, 0) is 19.1 Å². The SMILES string of the molecule is C=C(C)C(=O)OC(C(=O)N(CC)C(=O)C(C)(C)C)C(C)C. The van der Waals surface area contributed by atoms with Crippen LogP contribution in [0.25, 0.3) is 0 Å². The molecule has 0 heterocycles. The van der Waals surface area contributed by atoms with Gasteiger partial charge in [0.1, 0.15) is 0 Å². The van der Waals surface area contributed by atoms with Crippen LogP contribution in [0.5, 0.6) is 0 Å². The molecule has 0 aliphatic heterocycles. The largest absolute Gasteiger partial charge is 0.449 e. The minimum Gasteiger partial charge on any atom is -0.449 e. The molecule has 0 aliphatic carbocycles. The predicted molar refractivity (Wildman–Crippen MR) is 81.4 cm³/mol. The van der Waals surface area contributed by atoms with Gasteiger partial charge in [-0.3, -0.25) is 14.5 Å². The number of carbonyl (C=O) groups excluding carboxylic acids is 3. The van der Waals surface area contributed by atoms with Gasteiger partial charge in [0.15, 0.2) is 6.10 Å². The summed E-state index contributed by atoms with van der Waals surface area (Å²) in [5.74, 6) is -1.63. The quantitative estimate of drug-likeness (QED) is 0.578. The molecule has 0 fully saturated rings. The number of hydrogen-bond donors (Lipinski definition) is 0. The van der Waals surface area contributed by atoms with Crippen LogP contribution in [0.3, 0.4) is 0 Å². The minimum absolute atomic E-state index is 0.221. The second-order valence-corrected chi connectivity index (χ2v) is 6.49. The molecule has 5 nitrogen and oxygen atoms in total. The first kappa shape index (κ1) is 19.4. The average molecular weight is 297 g/mol. The van der Waals surface area contributed by atoms with Crippen molar-refractivity contribution in [2.75, 3.05) is 6.54 Å². The standard InChI is InChI=1S/C16H27NO4/c1-9-17(15(20)16(6,7)8)13(18)12(10(2)3)21-14(19)11(4)5/h10,12H,4,9H2,1-3,5-8H3. The number of ether oxygens (including phenoxy) is 1. The maximum absolute atomic E-state index is 12.6. The van der Waals surface area contributed by atoms with Gasteiger partial charge in [-0.25, -0.2) is 4.79 Å². The Kier molecular flexibility index (Phi) is 6.80. The molecule has 0 N–H and O–H groups in total. The van der Waals surface area contributed by atoms with Crippen LogP contribution in [0.1, 0.15) is 48.5 Å². The fraction of sp³-hybridized carbons (Fsp3) is 0.688. The molecule has 0 saturated heterocycles. The number of imide groups is 1. The van der Waals surface area contributed by atoms with Crippen molar-refractivity contribution in [3.05, 3.63) is 12.2 Å². The summed E-state index contributed by atoms with van der Waals surface area (Å²) < 4.78 is 5.20. The van der Waals surface area contributed by atoms with Crippen molar-refractivity contribution in [3.63, 3.8) is 0 Å². The summed E-state index contributed by atoms with van der Waals surface area (Å²) in [5.41, 5.74) is -0.454. The maximum atomic E-state index is 12.6. The van der Waals surface area contributed by atoms with Gasteiger partial charge in [0.2, 0.25) is 5.91 Å². The number of carbonyl (C=O) groups is 3. The molecule has 0 rings (SSSR count). The van der Waals surface area contributed by atoms with Crippen molar-refractivity contribution in [1.82, 2.24) is 4.90 Å². The van der Waals surface area contributed by atoms with Crippen LogP contribution in [0, 0.1) is 11.3 Å². The van der Waals surface area contributed by atoms with E-state index in [4.69, 9.17) is 4.74 Å². The Morgan fingerprint density at radius 1 is 1.19 bits per heavy atom. The van der Waals surface area contributed by atoms with E-state index in [1.165, 1.54) is 6.92 Å². The first-order valence-electron chi connectivity index (χ1n) is 7.15. The molecular weight excluding hydrogens is 270 g/mol. The summed E-state index contributed by atoms with van der Waals surface area (Å²) >= 11 is 0. The van der Waals surface area contributed by atoms with Gasteiger partial charge < -0.3 is 4.74 Å². The van der Waals surface area contributed by atoms with E-state index in [-0.39, 0.29) is 23.9 Å². The van der Waals surface area contributed by atoms with Gasteiger partial charge in [0.25, 0.3) is 5.91 Å². The lowest BCUT2D eigenvalue weighted by Gasteiger charge is -2.31. The van der Waals surface area contributed by atoms with E-state index in [1.54, 1.807) is 41.5 Å². The first-order valence-corrected chi connectivity index (χ1v) is 7.15. The highest BCUT2D eigenvalue weighted by Gasteiger charge is 2.37. The summed E-state index contributed by atoms with van der Waals surface area (Å²) in [6.45, 7) is 15.7. The van der Waals surface area contributed by atoms with E-state index in [0.29, 0.717) is 0 Å². The summed E-state index contributed by atoms with van der Waals surface area (Å²) in [4.78, 5) is 37.7. The van der Waals surface area contributed by atoms with Crippen molar-refractivity contribution in [2.24, 2.45) is 11.3 Å².